The predicted molar refractivity (Wildman–Crippen MR) is 137 cm³/mol. The van der Waals surface area contributed by atoms with Crippen molar-refractivity contribution in [3.8, 4) is 5.75 Å². The van der Waals surface area contributed by atoms with E-state index in [9.17, 15) is 9.59 Å². The molecule has 0 amide bonds. The molecular weight excluding hydrogens is 567 g/mol. The number of fused-ring (bicyclic) bond motifs is 1. The van der Waals surface area contributed by atoms with Crippen molar-refractivity contribution in [2.45, 2.75) is 57.7 Å². The van der Waals surface area contributed by atoms with E-state index in [-0.39, 0.29) is 19.3 Å². The molecular formula is C26H35IO8. The predicted octanol–water partition coefficient (Wildman–Crippen LogP) is 4.08. The Bertz CT molecular complexity index is 910. The van der Waals surface area contributed by atoms with Crippen molar-refractivity contribution in [3.05, 3.63) is 39.5 Å². The molecule has 9 heteroatoms. The zero-order valence-electron chi connectivity index (χ0n) is 21.1. The molecule has 1 aliphatic carbocycles. The van der Waals surface area contributed by atoms with Crippen molar-refractivity contribution < 1.29 is 38.0 Å². The molecule has 0 N–H and O–H groups in total. The fourth-order valence-electron chi connectivity index (χ4n) is 5.50. The van der Waals surface area contributed by atoms with Crippen LogP contribution in [0.25, 0.3) is 0 Å². The summed E-state index contributed by atoms with van der Waals surface area (Å²) >= 11 is 2.19. The van der Waals surface area contributed by atoms with Crippen LogP contribution >= 0.6 is 22.6 Å². The molecule has 0 bridgehead atoms. The second-order valence-corrected chi connectivity index (χ2v) is 11.3. The number of halogens is 1. The number of aldehydes is 1. The summed E-state index contributed by atoms with van der Waals surface area (Å²) in [7, 11) is 4.71. The summed E-state index contributed by atoms with van der Waals surface area (Å²) in [5, 5.41) is 0. The molecule has 2 aliphatic rings. The van der Waals surface area contributed by atoms with Gasteiger partial charge in [-0.2, -0.15) is 0 Å². The average Bonchev–Trinajstić information content (AvgIpc) is 3.08. The van der Waals surface area contributed by atoms with Crippen molar-refractivity contribution in [1.82, 2.24) is 0 Å². The highest BCUT2D eigenvalue weighted by molar-refractivity contribution is 14.1. The molecule has 0 spiro atoms. The molecule has 0 unspecified atom stereocenters. The van der Waals surface area contributed by atoms with Gasteiger partial charge < -0.3 is 33.2 Å². The maximum absolute atomic E-state index is 13.4. The standard InChI is InChI=1S/C26H35IO8/c1-16(27)11-20(32-6)23(34-15-30-4)22-19-12-25(2,3)26(19,35-24(22)29)21(13-28)33-14-17-7-9-18(31-5)10-8-17/h7-11,13,19-23H,12,14-15H2,1-6H3/b16-11+/t19-,20-,21-,22+,23+,26-/m0/s1. The number of rotatable bonds is 13. The Balaban J connectivity index is 1.90. The lowest BCUT2D eigenvalue weighted by molar-refractivity contribution is -0.246. The van der Waals surface area contributed by atoms with Crippen LogP contribution in [-0.4, -0.2) is 64.3 Å². The minimum atomic E-state index is -1.10. The van der Waals surface area contributed by atoms with E-state index < -0.39 is 41.2 Å². The summed E-state index contributed by atoms with van der Waals surface area (Å²) in [4.78, 5) is 25.8. The third-order valence-corrected chi connectivity index (χ3v) is 7.53. The first kappa shape index (κ1) is 28.0. The summed E-state index contributed by atoms with van der Waals surface area (Å²) in [5.41, 5.74) is -0.678. The summed E-state index contributed by atoms with van der Waals surface area (Å²) in [5.74, 6) is -0.596. The minimum absolute atomic E-state index is 0.00334. The number of esters is 1. The van der Waals surface area contributed by atoms with Gasteiger partial charge in [0.25, 0.3) is 0 Å². The minimum Gasteiger partial charge on any atom is -0.497 e. The van der Waals surface area contributed by atoms with Gasteiger partial charge in [-0.3, -0.25) is 4.79 Å². The van der Waals surface area contributed by atoms with E-state index in [0.29, 0.717) is 6.42 Å². The Morgan fingerprint density at radius 1 is 1.20 bits per heavy atom. The summed E-state index contributed by atoms with van der Waals surface area (Å²) in [6.45, 7) is 6.14. The Morgan fingerprint density at radius 2 is 1.89 bits per heavy atom. The maximum atomic E-state index is 13.4. The number of ether oxygens (including phenoxy) is 6. The Kier molecular flexibility index (Phi) is 9.36. The smallest absolute Gasteiger partial charge is 0.312 e. The normalized spacial score (nSPS) is 27.9. The van der Waals surface area contributed by atoms with Crippen LogP contribution in [0.15, 0.2) is 33.9 Å². The summed E-state index contributed by atoms with van der Waals surface area (Å²) < 4.78 is 35.2. The highest BCUT2D eigenvalue weighted by Gasteiger charge is 2.75. The molecule has 1 saturated carbocycles. The van der Waals surface area contributed by atoms with Gasteiger partial charge in [-0.1, -0.05) is 26.0 Å². The second kappa shape index (κ2) is 11.7. The van der Waals surface area contributed by atoms with Gasteiger partial charge in [0, 0.05) is 25.6 Å². The second-order valence-electron chi connectivity index (χ2n) is 9.64. The zero-order valence-corrected chi connectivity index (χ0v) is 23.3. The molecule has 1 aromatic rings. The van der Waals surface area contributed by atoms with E-state index in [1.54, 1.807) is 14.2 Å². The molecule has 8 nitrogen and oxygen atoms in total. The molecule has 1 saturated heterocycles. The maximum Gasteiger partial charge on any atom is 0.312 e. The van der Waals surface area contributed by atoms with Gasteiger partial charge in [0.1, 0.15) is 24.8 Å². The van der Waals surface area contributed by atoms with E-state index in [1.165, 1.54) is 7.11 Å². The van der Waals surface area contributed by atoms with E-state index >= 15 is 0 Å². The summed E-state index contributed by atoms with van der Waals surface area (Å²) in [6.07, 6.45) is 1.27. The van der Waals surface area contributed by atoms with Crippen molar-refractivity contribution in [3.63, 3.8) is 0 Å². The van der Waals surface area contributed by atoms with E-state index in [0.717, 1.165) is 21.2 Å². The fourth-order valence-corrected chi connectivity index (χ4v) is 5.85. The summed E-state index contributed by atoms with van der Waals surface area (Å²) in [6, 6.07) is 7.42. The molecule has 3 rings (SSSR count). The van der Waals surface area contributed by atoms with Gasteiger partial charge in [-0.05, 0) is 63.3 Å². The lowest BCUT2D eigenvalue weighted by Gasteiger charge is -2.59. The molecule has 6 atom stereocenters. The fraction of sp³-hybridized carbons (Fsp3) is 0.615. The Hall–Kier alpha value is -1.53. The largest absolute Gasteiger partial charge is 0.497 e. The molecule has 0 radical (unpaired) electrons. The first-order valence-corrected chi connectivity index (χ1v) is 12.6. The number of methoxy groups -OCH3 is 3. The molecule has 1 aromatic carbocycles. The highest BCUT2D eigenvalue weighted by atomic mass is 127. The van der Waals surface area contributed by atoms with Crippen LogP contribution in [0.1, 0.15) is 32.8 Å². The van der Waals surface area contributed by atoms with Crippen LogP contribution in [0, 0.1) is 17.3 Å². The number of carbonyl (C=O) groups excluding carboxylic acids is 2. The van der Waals surface area contributed by atoms with Crippen molar-refractivity contribution in [1.29, 1.82) is 0 Å². The SMILES string of the molecule is COCO[C@@H]([C@@H]1C(=O)O[C@]2([C@H](C=O)OCc3ccc(OC)cc3)[C@H]1CC2(C)C)[C@H](/C=C(\C)I)OC. The van der Waals surface area contributed by atoms with Crippen molar-refractivity contribution >= 4 is 34.8 Å². The van der Waals surface area contributed by atoms with Gasteiger partial charge in [-0.15, -0.1) is 0 Å². The third-order valence-electron chi connectivity index (χ3n) is 7.17. The van der Waals surface area contributed by atoms with Crippen LogP contribution in [0.2, 0.25) is 0 Å². The van der Waals surface area contributed by atoms with Crippen molar-refractivity contribution in [2.75, 3.05) is 28.1 Å². The molecule has 2 fully saturated rings. The lowest BCUT2D eigenvalue weighted by Crippen LogP contribution is -2.69. The highest BCUT2D eigenvalue weighted by Crippen LogP contribution is 2.65. The Morgan fingerprint density at radius 3 is 2.40 bits per heavy atom. The van der Waals surface area contributed by atoms with Crippen LogP contribution in [0.3, 0.4) is 0 Å². The molecule has 0 aromatic heterocycles. The first-order chi connectivity index (χ1) is 16.6. The van der Waals surface area contributed by atoms with Crippen LogP contribution in [0.5, 0.6) is 5.75 Å². The topological polar surface area (TPSA) is 89.5 Å². The number of hydrogen-bond donors (Lipinski definition) is 0. The van der Waals surface area contributed by atoms with Gasteiger partial charge in [0.15, 0.2) is 18.0 Å². The van der Waals surface area contributed by atoms with Crippen molar-refractivity contribution in [2.24, 2.45) is 17.3 Å². The molecule has 35 heavy (non-hydrogen) atoms. The third kappa shape index (κ3) is 5.44. The zero-order chi connectivity index (χ0) is 25.8. The Labute approximate surface area is 220 Å². The number of carbonyl (C=O) groups is 2. The number of allylic oxidation sites excluding steroid dienone is 1. The van der Waals surface area contributed by atoms with Crippen LogP contribution in [-0.2, 0) is 39.9 Å². The first-order valence-electron chi connectivity index (χ1n) is 11.5. The van der Waals surface area contributed by atoms with E-state index in [4.69, 9.17) is 28.4 Å². The van der Waals surface area contributed by atoms with Crippen LogP contribution in [0.4, 0.5) is 0 Å². The van der Waals surface area contributed by atoms with Gasteiger partial charge >= 0.3 is 5.97 Å². The molecule has 1 heterocycles. The van der Waals surface area contributed by atoms with E-state index in [1.807, 2.05) is 51.1 Å². The number of hydrogen-bond acceptors (Lipinski definition) is 8. The van der Waals surface area contributed by atoms with E-state index in [2.05, 4.69) is 22.6 Å². The van der Waals surface area contributed by atoms with Gasteiger partial charge in [0.05, 0.1) is 19.6 Å². The van der Waals surface area contributed by atoms with Gasteiger partial charge in [-0.25, -0.2) is 0 Å². The molecule has 194 valence electrons. The van der Waals surface area contributed by atoms with Crippen LogP contribution < -0.4 is 4.74 Å². The van der Waals surface area contributed by atoms with Gasteiger partial charge in [0.2, 0.25) is 0 Å². The number of benzene rings is 1. The average molecular weight is 602 g/mol. The molecule has 1 aliphatic heterocycles. The lowest BCUT2D eigenvalue weighted by atomic mass is 9.48. The quantitative estimate of drug-likeness (QED) is 0.145. The monoisotopic (exact) mass is 602 g/mol.